The van der Waals surface area contributed by atoms with Gasteiger partial charge in [0.25, 0.3) is 0 Å². The highest BCUT2D eigenvalue weighted by Crippen LogP contribution is 2.32. The summed E-state index contributed by atoms with van der Waals surface area (Å²) in [4.78, 5) is 15.4. The smallest absolute Gasteiger partial charge is 0.243 e. The van der Waals surface area contributed by atoms with Gasteiger partial charge >= 0.3 is 0 Å². The number of rotatable bonds is 8. The summed E-state index contributed by atoms with van der Waals surface area (Å²) in [6.45, 7) is 2.67. The molecular weight excluding hydrogens is 534 g/mol. The Balaban J connectivity index is 1.18. The minimum absolute atomic E-state index is 0.00747. The van der Waals surface area contributed by atoms with Gasteiger partial charge in [-0.15, -0.1) is 0 Å². The molecule has 2 aromatic rings. The van der Waals surface area contributed by atoms with Crippen LogP contribution in [0, 0.1) is 0 Å². The van der Waals surface area contributed by atoms with Gasteiger partial charge in [0.1, 0.15) is 5.75 Å². The van der Waals surface area contributed by atoms with E-state index in [0.29, 0.717) is 18.6 Å². The van der Waals surface area contributed by atoms with Gasteiger partial charge in [-0.05, 0) is 49.1 Å². The van der Waals surface area contributed by atoms with Crippen LogP contribution in [0.1, 0.15) is 31.2 Å². The summed E-state index contributed by atoms with van der Waals surface area (Å²) in [5.41, 5.74) is 1.26. The number of hydrogen-bond donors (Lipinski definition) is 2. The van der Waals surface area contributed by atoms with Crippen molar-refractivity contribution in [2.24, 2.45) is 0 Å². The van der Waals surface area contributed by atoms with Crippen molar-refractivity contribution in [1.29, 1.82) is 0 Å². The van der Waals surface area contributed by atoms with Crippen LogP contribution in [0.15, 0.2) is 59.5 Å². The second-order valence-electron chi connectivity index (χ2n) is 10.9. The van der Waals surface area contributed by atoms with Crippen molar-refractivity contribution in [2.45, 2.75) is 67.5 Å². The quantitative estimate of drug-likeness (QED) is 0.491. The molecule has 0 unspecified atom stereocenters. The number of carbonyl (C=O) groups is 1. The van der Waals surface area contributed by atoms with Gasteiger partial charge in [0.05, 0.1) is 56.0 Å². The number of carbonyl (C=O) groups excluding carboxylic acids is 1. The SMILES string of the molecule is COc1ccc(S(=O)(=O)N2C[C@H](O)COC[C@H]3O[C@H](CC(=O)N[C@@H]4CCN(Cc5ccccc5)C4)CC[C@@H]32)cc1. The van der Waals surface area contributed by atoms with Crippen LogP contribution in [0.4, 0.5) is 0 Å². The first kappa shape index (κ1) is 29.0. The fraction of sp³-hybridized carbons (Fsp3) is 0.552. The molecular formula is C29H39N3O7S. The van der Waals surface area contributed by atoms with Crippen molar-refractivity contribution in [1.82, 2.24) is 14.5 Å². The van der Waals surface area contributed by atoms with Crippen molar-refractivity contribution in [3.8, 4) is 5.75 Å². The molecule has 2 N–H and O–H groups in total. The van der Waals surface area contributed by atoms with E-state index in [1.54, 1.807) is 12.1 Å². The molecule has 3 aliphatic rings. The maximum atomic E-state index is 13.7. The van der Waals surface area contributed by atoms with Crippen LogP contribution in [-0.4, -0.2) is 99.0 Å². The molecule has 1 amide bonds. The molecule has 2 aromatic carbocycles. The van der Waals surface area contributed by atoms with Crippen molar-refractivity contribution in [3.05, 3.63) is 60.2 Å². The second-order valence-corrected chi connectivity index (χ2v) is 12.8. The lowest BCUT2D eigenvalue weighted by Gasteiger charge is -2.43. The van der Waals surface area contributed by atoms with Crippen molar-refractivity contribution in [3.63, 3.8) is 0 Å². The zero-order chi connectivity index (χ0) is 28.1. The Morgan fingerprint density at radius 1 is 1.05 bits per heavy atom. The third kappa shape index (κ3) is 7.02. The number of ether oxygens (including phenoxy) is 3. The predicted molar refractivity (Wildman–Crippen MR) is 148 cm³/mol. The molecule has 0 saturated carbocycles. The van der Waals surface area contributed by atoms with Crippen molar-refractivity contribution >= 4 is 15.9 Å². The maximum absolute atomic E-state index is 13.7. The standard InChI is InChI=1S/C29H39N3O7S/c1-37-24-7-10-26(11-8-24)40(35,36)32-18-23(33)19-38-20-28-27(32)12-9-25(39-28)15-29(34)30-22-13-14-31(17-22)16-21-5-3-2-4-6-21/h2-8,10-11,22-23,25,27-28,33H,9,12-20H2,1H3,(H,30,34)/t22-,23+,25+,27+,28-/m1/s1. The van der Waals surface area contributed by atoms with E-state index in [1.807, 2.05) is 18.2 Å². The number of amides is 1. The minimum atomic E-state index is -3.92. The van der Waals surface area contributed by atoms with E-state index in [1.165, 1.54) is 29.1 Å². The molecule has 0 spiro atoms. The summed E-state index contributed by atoms with van der Waals surface area (Å²) >= 11 is 0. The van der Waals surface area contributed by atoms with Gasteiger partial charge in [0.2, 0.25) is 15.9 Å². The van der Waals surface area contributed by atoms with Crippen LogP contribution >= 0.6 is 0 Å². The Bertz CT molecular complexity index is 1230. The summed E-state index contributed by atoms with van der Waals surface area (Å²) in [6.07, 6.45) is 0.328. The fourth-order valence-electron chi connectivity index (χ4n) is 5.88. The van der Waals surface area contributed by atoms with Gasteiger partial charge in [-0.1, -0.05) is 30.3 Å². The molecule has 40 heavy (non-hydrogen) atoms. The fourth-order valence-corrected chi connectivity index (χ4v) is 7.60. The molecule has 0 aliphatic carbocycles. The number of aliphatic hydroxyl groups excluding tert-OH is 1. The Kier molecular flexibility index (Phi) is 9.39. The lowest BCUT2D eigenvalue weighted by molar-refractivity contribution is -0.146. The summed E-state index contributed by atoms with van der Waals surface area (Å²) in [5, 5.41) is 13.6. The summed E-state index contributed by atoms with van der Waals surface area (Å²) in [6, 6.07) is 16.1. The van der Waals surface area contributed by atoms with Gasteiger partial charge in [-0.25, -0.2) is 8.42 Å². The lowest BCUT2D eigenvalue weighted by atomic mass is 9.96. The van der Waals surface area contributed by atoms with Gasteiger partial charge in [-0.3, -0.25) is 9.69 Å². The molecule has 10 nitrogen and oxygen atoms in total. The molecule has 0 aromatic heterocycles. The first-order chi connectivity index (χ1) is 19.3. The van der Waals surface area contributed by atoms with Gasteiger partial charge in [0.15, 0.2) is 0 Å². The number of nitrogens with one attached hydrogen (secondary N) is 1. The summed E-state index contributed by atoms with van der Waals surface area (Å²) in [7, 11) is -2.39. The van der Waals surface area contributed by atoms with Crippen LogP contribution < -0.4 is 10.1 Å². The minimum Gasteiger partial charge on any atom is -0.497 e. The average molecular weight is 574 g/mol. The highest BCUT2D eigenvalue weighted by atomic mass is 32.2. The normalized spacial score (nSPS) is 28.3. The Morgan fingerprint density at radius 2 is 1.82 bits per heavy atom. The monoisotopic (exact) mass is 573 g/mol. The first-order valence-electron chi connectivity index (χ1n) is 13.9. The highest BCUT2D eigenvalue weighted by Gasteiger charge is 2.43. The third-order valence-electron chi connectivity index (χ3n) is 7.90. The zero-order valence-corrected chi connectivity index (χ0v) is 23.7. The van der Waals surface area contributed by atoms with Crippen LogP contribution in [0.5, 0.6) is 5.75 Å². The van der Waals surface area contributed by atoms with Gasteiger partial charge in [-0.2, -0.15) is 4.31 Å². The Hall–Kier alpha value is -2.54. The third-order valence-corrected chi connectivity index (χ3v) is 9.80. The lowest BCUT2D eigenvalue weighted by Crippen LogP contribution is -2.57. The molecule has 0 radical (unpaired) electrons. The Morgan fingerprint density at radius 3 is 2.58 bits per heavy atom. The van der Waals surface area contributed by atoms with E-state index in [9.17, 15) is 18.3 Å². The molecule has 3 saturated heterocycles. The van der Waals surface area contributed by atoms with E-state index in [-0.39, 0.29) is 49.1 Å². The van der Waals surface area contributed by atoms with Gasteiger partial charge in [0, 0.05) is 32.2 Å². The van der Waals surface area contributed by atoms with Crippen LogP contribution in [-0.2, 0) is 30.8 Å². The maximum Gasteiger partial charge on any atom is 0.243 e. The van der Waals surface area contributed by atoms with E-state index in [4.69, 9.17) is 14.2 Å². The Labute approximate surface area is 236 Å². The number of methoxy groups -OCH3 is 1. The van der Waals surface area contributed by atoms with E-state index in [0.717, 1.165) is 26.1 Å². The van der Waals surface area contributed by atoms with E-state index < -0.39 is 28.3 Å². The number of aliphatic hydroxyl groups is 1. The molecule has 5 atom stereocenters. The number of nitrogens with zero attached hydrogens (tertiary/aromatic N) is 2. The number of β-amino-alcohol motifs (C(OH)–C–C–N with tert-alkyl or cyclic N) is 1. The molecule has 3 heterocycles. The largest absolute Gasteiger partial charge is 0.497 e. The number of fused-ring (bicyclic) bond motifs is 1. The van der Waals surface area contributed by atoms with E-state index in [2.05, 4.69) is 22.3 Å². The summed E-state index contributed by atoms with van der Waals surface area (Å²) < 4.78 is 45.8. The van der Waals surface area contributed by atoms with E-state index >= 15 is 0 Å². The average Bonchev–Trinajstić information content (AvgIpc) is 3.37. The topological polar surface area (TPSA) is 118 Å². The number of benzene rings is 2. The molecule has 11 heteroatoms. The molecule has 218 valence electrons. The zero-order valence-electron chi connectivity index (χ0n) is 22.9. The number of hydrogen-bond acceptors (Lipinski definition) is 8. The molecule has 0 bridgehead atoms. The van der Waals surface area contributed by atoms with Crippen molar-refractivity contribution < 1.29 is 32.5 Å². The molecule has 3 fully saturated rings. The first-order valence-corrected chi connectivity index (χ1v) is 15.4. The number of likely N-dealkylation sites (tertiary alicyclic amines) is 1. The number of sulfonamides is 1. The molecule has 3 aliphatic heterocycles. The predicted octanol–water partition coefficient (Wildman–Crippen LogP) is 1.77. The van der Waals surface area contributed by atoms with Crippen LogP contribution in [0.3, 0.4) is 0 Å². The summed E-state index contributed by atoms with van der Waals surface area (Å²) in [5.74, 6) is 0.501. The van der Waals surface area contributed by atoms with Crippen LogP contribution in [0.2, 0.25) is 0 Å². The highest BCUT2D eigenvalue weighted by molar-refractivity contribution is 7.89. The van der Waals surface area contributed by atoms with Crippen molar-refractivity contribution in [2.75, 3.05) is 40.0 Å². The van der Waals surface area contributed by atoms with Crippen LogP contribution in [0.25, 0.3) is 0 Å². The molecule has 5 rings (SSSR count). The second kappa shape index (κ2) is 13.0. The van der Waals surface area contributed by atoms with Gasteiger partial charge < -0.3 is 24.6 Å².